The second-order valence-corrected chi connectivity index (χ2v) is 9.31. The predicted octanol–water partition coefficient (Wildman–Crippen LogP) is 3.48. The number of nitrogens with zero attached hydrogens (tertiary/aromatic N) is 5. The topological polar surface area (TPSA) is 84.0 Å². The number of amides is 2. The highest BCUT2D eigenvalue weighted by molar-refractivity contribution is 7.99. The molecule has 0 spiro atoms. The lowest BCUT2D eigenvalue weighted by Gasteiger charge is -2.34. The average molecular weight is 464 g/mol. The zero-order valence-corrected chi connectivity index (χ0v) is 19.7. The van der Waals surface area contributed by atoms with Crippen LogP contribution in [0.5, 0.6) is 0 Å². The van der Waals surface area contributed by atoms with Crippen LogP contribution in [0.1, 0.15) is 27.2 Å². The van der Waals surface area contributed by atoms with Crippen LogP contribution in [0, 0.1) is 20.8 Å². The number of carbonyl (C=O) groups is 2. The van der Waals surface area contributed by atoms with Crippen molar-refractivity contribution >= 4 is 40.1 Å². The molecule has 4 heterocycles. The number of benzene rings is 1. The fraction of sp³-hybridized carbons (Fsp3) is 0.333. The Kier molecular flexibility index (Phi) is 5.57. The van der Waals surface area contributed by atoms with Crippen LogP contribution in [0.15, 0.2) is 46.2 Å². The van der Waals surface area contributed by atoms with Gasteiger partial charge in [-0.25, -0.2) is 0 Å². The van der Waals surface area contributed by atoms with Gasteiger partial charge in [-0.15, -0.1) is 10.2 Å². The molecule has 0 aliphatic carbocycles. The molecule has 0 N–H and O–H groups in total. The van der Waals surface area contributed by atoms with Crippen LogP contribution >= 0.6 is 11.8 Å². The summed E-state index contributed by atoms with van der Waals surface area (Å²) in [7, 11) is 0. The van der Waals surface area contributed by atoms with E-state index in [2.05, 4.69) is 46.6 Å². The summed E-state index contributed by atoms with van der Waals surface area (Å²) in [4.78, 5) is 28.9. The van der Waals surface area contributed by atoms with Crippen molar-refractivity contribution in [2.75, 3.05) is 31.9 Å². The second-order valence-electron chi connectivity index (χ2n) is 8.37. The number of aromatic nitrogens is 3. The summed E-state index contributed by atoms with van der Waals surface area (Å²) < 4.78 is 7.28. The number of piperazine rings is 1. The number of hydrogen-bond donors (Lipinski definition) is 0. The number of carbonyl (C=O) groups excluding carboxylic acids is 2. The Hall–Kier alpha value is -3.33. The van der Waals surface area contributed by atoms with Gasteiger partial charge in [0.25, 0.3) is 5.91 Å². The molecule has 1 aliphatic rings. The quantitative estimate of drug-likeness (QED) is 0.431. The molecule has 3 aromatic heterocycles. The number of furan rings is 1. The highest BCUT2D eigenvalue weighted by atomic mass is 32.2. The van der Waals surface area contributed by atoms with Gasteiger partial charge in [0, 0.05) is 31.6 Å². The summed E-state index contributed by atoms with van der Waals surface area (Å²) in [6.07, 6.45) is 1.49. The fourth-order valence-corrected chi connectivity index (χ4v) is 5.17. The first-order valence-electron chi connectivity index (χ1n) is 10.9. The van der Waals surface area contributed by atoms with Gasteiger partial charge in [0.05, 0.1) is 17.5 Å². The molecular formula is C24H25N5O3S. The maximum atomic E-state index is 12.9. The summed E-state index contributed by atoms with van der Waals surface area (Å²) in [5, 5.41) is 10.7. The van der Waals surface area contributed by atoms with Crippen molar-refractivity contribution in [3.8, 4) is 0 Å². The minimum absolute atomic E-state index is 0.0340. The van der Waals surface area contributed by atoms with Crippen molar-refractivity contribution in [2.24, 2.45) is 0 Å². The highest BCUT2D eigenvalue weighted by Gasteiger charge is 2.26. The SMILES string of the molecule is Cc1ccc(C)c2c1cc(C)c1nnc(SCC(=O)N3CCN(C(=O)c4ccco4)CC3)n12. The van der Waals surface area contributed by atoms with Crippen molar-refractivity contribution in [1.29, 1.82) is 0 Å². The molecule has 33 heavy (non-hydrogen) atoms. The van der Waals surface area contributed by atoms with Crippen LogP contribution in [-0.2, 0) is 4.79 Å². The van der Waals surface area contributed by atoms with E-state index in [1.807, 2.05) is 6.92 Å². The van der Waals surface area contributed by atoms with Gasteiger partial charge in [0.2, 0.25) is 5.91 Å². The molecule has 1 aliphatic heterocycles. The third kappa shape index (κ3) is 3.86. The molecule has 0 atom stereocenters. The van der Waals surface area contributed by atoms with E-state index < -0.39 is 0 Å². The molecule has 5 rings (SSSR count). The molecule has 170 valence electrons. The van der Waals surface area contributed by atoms with E-state index >= 15 is 0 Å². The van der Waals surface area contributed by atoms with Crippen molar-refractivity contribution in [2.45, 2.75) is 25.9 Å². The Morgan fingerprint density at radius 1 is 0.970 bits per heavy atom. The summed E-state index contributed by atoms with van der Waals surface area (Å²) in [5.74, 6) is 0.501. The van der Waals surface area contributed by atoms with Gasteiger partial charge < -0.3 is 14.2 Å². The lowest BCUT2D eigenvalue weighted by molar-refractivity contribution is -0.129. The van der Waals surface area contributed by atoms with Crippen molar-refractivity contribution in [3.05, 3.63) is 59.0 Å². The normalized spacial score (nSPS) is 14.4. The smallest absolute Gasteiger partial charge is 0.289 e. The number of aryl methyl sites for hydroxylation is 3. The van der Waals surface area contributed by atoms with Gasteiger partial charge in [-0.2, -0.15) is 0 Å². The van der Waals surface area contributed by atoms with Crippen molar-refractivity contribution < 1.29 is 14.0 Å². The molecule has 0 radical (unpaired) electrons. The Bertz CT molecular complexity index is 1350. The molecule has 0 saturated carbocycles. The first kappa shape index (κ1) is 21.5. The second kappa shape index (κ2) is 8.55. The van der Waals surface area contributed by atoms with Crippen LogP contribution in [0.25, 0.3) is 16.6 Å². The summed E-state index contributed by atoms with van der Waals surface area (Å²) >= 11 is 1.40. The Balaban J connectivity index is 1.30. The minimum atomic E-state index is -0.135. The summed E-state index contributed by atoms with van der Waals surface area (Å²) in [5.41, 5.74) is 5.30. The van der Waals surface area contributed by atoms with E-state index in [9.17, 15) is 9.59 Å². The average Bonchev–Trinajstić information content (AvgIpc) is 3.50. The van der Waals surface area contributed by atoms with Gasteiger partial charge >= 0.3 is 0 Å². The molecule has 0 unspecified atom stereocenters. The lowest BCUT2D eigenvalue weighted by Crippen LogP contribution is -2.51. The standard InChI is InChI=1S/C24H25N5O3S/c1-15-6-7-16(2)21-18(15)13-17(3)22-25-26-24(29(21)22)33-14-20(30)27-8-10-28(11-9-27)23(31)19-5-4-12-32-19/h4-7,12-13H,8-11,14H2,1-3H3. The number of pyridine rings is 1. The van der Waals surface area contributed by atoms with Crippen LogP contribution in [-0.4, -0.2) is 68.1 Å². The number of thioether (sulfide) groups is 1. The maximum Gasteiger partial charge on any atom is 0.289 e. The highest BCUT2D eigenvalue weighted by Crippen LogP contribution is 2.29. The van der Waals surface area contributed by atoms with Crippen LogP contribution in [0.3, 0.4) is 0 Å². The predicted molar refractivity (Wildman–Crippen MR) is 127 cm³/mol. The first-order valence-corrected chi connectivity index (χ1v) is 11.9. The Morgan fingerprint density at radius 2 is 1.70 bits per heavy atom. The zero-order chi connectivity index (χ0) is 23.1. The fourth-order valence-electron chi connectivity index (χ4n) is 4.33. The number of hydrogen-bond acceptors (Lipinski definition) is 6. The van der Waals surface area contributed by atoms with E-state index in [0.717, 1.165) is 22.3 Å². The van der Waals surface area contributed by atoms with Gasteiger partial charge in [-0.1, -0.05) is 23.9 Å². The van der Waals surface area contributed by atoms with E-state index in [1.165, 1.54) is 29.0 Å². The monoisotopic (exact) mass is 463 g/mol. The molecule has 1 aromatic carbocycles. The minimum Gasteiger partial charge on any atom is -0.459 e. The zero-order valence-electron chi connectivity index (χ0n) is 18.9. The van der Waals surface area contributed by atoms with Crippen LogP contribution in [0.2, 0.25) is 0 Å². The van der Waals surface area contributed by atoms with E-state index in [1.54, 1.807) is 21.9 Å². The molecule has 4 aromatic rings. The van der Waals surface area contributed by atoms with E-state index in [4.69, 9.17) is 4.42 Å². The van der Waals surface area contributed by atoms with Gasteiger partial charge in [0.1, 0.15) is 0 Å². The van der Waals surface area contributed by atoms with Crippen LogP contribution < -0.4 is 0 Å². The molecule has 0 bridgehead atoms. The summed E-state index contributed by atoms with van der Waals surface area (Å²) in [6.45, 7) is 8.22. The van der Waals surface area contributed by atoms with Crippen molar-refractivity contribution in [3.63, 3.8) is 0 Å². The summed E-state index contributed by atoms with van der Waals surface area (Å²) in [6, 6.07) is 9.75. The number of rotatable bonds is 4. The third-order valence-electron chi connectivity index (χ3n) is 6.18. The van der Waals surface area contributed by atoms with Crippen LogP contribution in [0.4, 0.5) is 0 Å². The Labute approximate surface area is 195 Å². The molecule has 1 fully saturated rings. The molecular weight excluding hydrogens is 438 g/mol. The van der Waals surface area contributed by atoms with Crippen molar-refractivity contribution in [1.82, 2.24) is 24.4 Å². The molecule has 8 nitrogen and oxygen atoms in total. The molecule has 1 saturated heterocycles. The lowest BCUT2D eigenvalue weighted by atomic mass is 10.0. The maximum absolute atomic E-state index is 12.9. The number of fused-ring (bicyclic) bond motifs is 3. The van der Waals surface area contributed by atoms with E-state index in [-0.39, 0.29) is 17.6 Å². The van der Waals surface area contributed by atoms with Gasteiger partial charge in [-0.3, -0.25) is 14.0 Å². The largest absolute Gasteiger partial charge is 0.459 e. The molecule has 2 amide bonds. The van der Waals surface area contributed by atoms with E-state index in [0.29, 0.717) is 37.1 Å². The van der Waals surface area contributed by atoms with Gasteiger partial charge in [0.15, 0.2) is 16.6 Å². The third-order valence-corrected chi connectivity index (χ3v) is 7.10. The molecule has 9 heteroatoms. The Morgan fingerprint density at radius 3 is 2.42 bits per heavy atom. The van der Waals surface area contributed by atoms with Gasteiger partial charge in [-0.05, 0) is 55.7 Å². The first-order chi connectivity index (χ1) is 15.9.